The molecule has 0 aromatic heterocycles. The van der Waals surface area contributed by atoms with E-state index in [1.807, 2.05) is 13.2 Å². The predicted octanol–water partition coefficient (Wildman–Crippen LogP) is 2.91. The Labute approximate surface area is 329 Å². The van der Waals surface area contributed by atoms with E-state index >= 15 is 0 Å². The van der Waals surface area contributed by atoms with Gasteiger partial charge >= 0.3 is 0 Å². The van der Waals surface area contributed by atoms with Crippen LogP contribution < -0.4 is 21.3 Å². The van der Waals surface area contributed by atoms with Crippen LogP contribution in [0.1, 0.15) is 115 Å². The van der Waals surface area contributed by atoms with Crippen molar-refractivity contribution in [3.63, 3.8) is 0 Å². The van der Waals surface area contributed by atoms with Gasteiger partial charge in [-0.05, 0) is 93.9 Å². The third-order valence-electron chi connectivity index (χ3n) is 11.0. The van der Waals surface area contributed by atoms with Gasteiger partial charge in [-0.2, -0.15) is 11.8 Å². The molecule has 6 amide bonds. The molecule has 0 bridgehead atoms. The second-order valence-corrected chi connectivity index (χ2v) is 16.2. The average Bonchev–Trinajstić information content (AvgIpc) is 3.69. The van der Waals surface area contributed by atoms with Crippen LogP contribution in [-0.2, 0) is 28.8 Å². The average molecular weight is 787 g/mol. The molecule has 1 saturated carbocycles. The summed E-state index contributed by atoms with van der Waals surface area (Å²) in [6.45, 7) is 4.27. The molecule has 3 aliphatic rings. The number of benzene rings is 1. The summed E-state index contributed by atoms with van der Waals surface area (Å²) in [5.74, 6) is -1.60. The number of thioether (sulfide) groups is 1. The first-order chi connectivity index (χ1) is 26.4. The van der Waals surface area contributed by atoms with E-state index in [2.05, 4.69) is 21.3 Å². The fraction of sp³-hybridized carbons (Fsp3) is 0.700. The van der Waals surface area contributed by atoms with Gasteiger partial charge in [-0.1, -0.05) is 51.2 Å². The Morgan fingerprint density at radius 3 is 2.09 bits per heavy atom. The molecule has 2 aliphatic heterocycles. The van der Waals surface area contributed by atoms with Crippen molar-refractivity contribution in [2.75, 3.05) is 31.6 Å². The van der Waals surface area contributed by atoms with E-state index in [-0.39, 0.29) is 31.2 Å². The first-order valence-corrected chi connectivity index (χ1v) is 21.6. The third-order valence-corrected chi connectivity index (χ3v) is 11.7. The molecular weight excluding hydrogens is 725 g/mol. The SMILES string of the molecule is CCCNC(=O)[C@@H](NC(=O)[C@@H]1CCCN1C(=O)[C@H](CCSC)NC(=O)[C@@H]1CCCCN1C(=O)[C@@H](NC(=O)CCC1CCCCC1)c1ccc(O)cc1)[C@@H](C)O. The lowest BCUT2D eigenvalue weighted by Crippen LogP contribution is -2.60. The fourth-order valence-corrected chi connectivity index (χ4v) is 8.38. The van der Waals surface area contributed by atoms with Gasteiger partial charge in [-0.25, -0.2) is 0 Å². The molecule has 0 spiro atoms. The van der Waals surface area contributed by atoms with Gasteiger partial charge in [-0.3, -0.25) is 28.8 Å². The monoisotopic (exact) mass is 786 g/mol. The summed E-state index contributed by atoms with van der Waals surface area (Å²) in [6, 6.07) is 1.11. The number of phenolic OH excluding ortho intramolecular Hbond substituents is 1. The number of amides is 6. The van der Waals surface area contributed by atoms with Crippen LogP contribution in [0.2, 0.25) is 0 Å². The van der Waals surface area contributed by atoms with Crippen LogP contribution >= 0.6 is 11.8 Å². The molecule has 1 aromatic carbocycles. The van der Waals surface area contributed by atoms with Gasteiger partial charge in [0.25, 0.3) is 0 Å². The van der Waals surface area contributed by atoms with Crippen molar-refractivity contribution in [3.05, 3.63) is 29.8 Å². The van der Waals surface area contributed by atoms with Gasteiger partial charge in [0.1, 0.15) is 36.0 Å². The minimum Gasteiger partial charge on any atom is -0.508 e. The molecule has 3 fully saturated rings. The molecule has 14 nitrogen and oxygen atoms in total. The Kier molecular flexibility index (Phi) is 17.6. The number of aromatic hydroxyl groups is 1. The van der Waals surface area contributed by atoms with Crippen molar-refractivity contribution in [2.24, 2.45) is 5.92 Å². The molecule has 6 N–H and O–H groups in total. The zero-order chi connectivity index (χ0) is 39.9. The molecule has 4 rings (SSSR count). The van der Waals surface area contributed by atoms with E-state index in [0.717, 1.165) is 19.3 Å². The number of nitrogens with zero attached hydrogens (tertiary/aromatic N) is 2. The van der Waals surface area contributed by atoms with Crippen LogP contribution in [0.3, 0.4) is 0 Å². The van der Waals surface area contributed by atoms with Crippen molar-refractivity contribution in [3.8, 4) is 5.75 Å². The molecule has 0 radical (unpaired) electrons. The predicted molar refractivity (Wildman–Crippen MR) is 211 cm³/mol. The summed E-state index contributed by atoms with van der Waals surface area (Å²) in [6.07, 6.45) is 11.1. The maximum Gasteiger partial charge on any atom is 0.250 e. The quantitative estimate of drug-likeness (QED) is 0.130. The number of aliphatic hydroxyl groups is 1. The Hall–Kier alpha value is -3.85. The number of phenols is 1. The van der Waals surface area contributed by atoms with Crippen molar-refractivity contribution in [2.45, 2.75) is 140 Å². The molecule has 2 heterocycles. The number of nitrogens with one attached hydrogen (secondary N) is 4. The minimum absolute atomic E-state index is 0.0210. The highest BCUT2D eigenvalue weighted by molar-refractivity contribution is 7.98. The highest BCUT2D eigenvalue weighted by atomic mass is 32.2. The van der Waals surface area contributed by atoms with Crippen molar-refractivity contribution >= 4 is 47.2 Å². The number of likely N-dealkylation sites (tertiary alicyclic amines) is 2. The first-order valence-electron chi connectivity index (χ1n) is 20.2. The summed E-state index contributed by atoms with van der Waals surface area (Å²) < 4.78 is 0. The molecule has 55 heavy (non-hydrogen) atoms. The van der Waals surface area contributed by atoms with Gasteiger partial charge in [0.2, 0.25) is 35.4 Å². The molecule has 0 unspecified atom stereocenters. The lowest BCUT2D eigenvalue weighted by molar-refractivity contribution is -0.147. The van der Waals surface area contributed by atoms with Crippen LogP contribution in [0.5, 0.6) is 5.75 Å². The number of carbonyl (C=O) groups excluding carboxylic acids is 6. The van der Waals surface area contributed by atoms with E-state index in [1.54, 1.807) is 12.1 Å². The van der Waals surface area contributed by atoms with Gasteiger partial charge < -0.3 is 41.3 Å². The van der Waals surface area contributed by atoms with Gasteiger partial charge in [0.15, 0.2) is 0 Å². The Morgan fingerprint density at radius 1 is 0.818 bits per heavy atom. The molecule has 1 aliphatic carbocycles. The summed E-state index contributed by atoms with van der Waals surface area (Å²) in [7, 11) is 0. The molecule has 1 aromatic rings. The van der Waals surface area contributed by atoms with E-state index < -0.39 is 65.8 Å². The van der Waals surface area contributed by atoms with E-state index in [1.165, 1.54) is 59.9 Å². The topological polar surface area (TPSA) is 197 Å². The molecule has 306 valence electrons. The summed E-state index contributed by atoms with van der Waals surface area (Å²) >= 11 is 1.51. The number of hydrogen-bond acceptors (Lipinski definition) is 9. The molecule has 2 saturated heterocycles. The van der Waals surface area contributed by atoms with Crippen LogP contribution in [0.4, 0.5) is 0 Å². The van der Waals surface area contributed by atoms with Crippen molar-refractivity contribution in [1.82, 2.24) is 31.1 Å². The zero-order valence-electron chi connectivity index (χ0n) is 32.7. The number of hydrogen-bond donors (Lipinski definition) is 6. The normalized spacial score (nSPS) is 21.2. The molecule has 15 heteroatoms. The highest BCUT2D eigenvalue weighted by Crippen LogP contribution is 2.29. The van der Waals surface area contributed by atoms with Gasteiger partial charge in [-0.15, -0.1) is 0 Å². The lowest BCUT2D eigenvalue weighted by atomic mass is 9.86. The largest absolute Gasteiger partial charge is 0.508 e. The Balaban J connectivity index is 1.49. The Bertz CT molecular complexity index is 1460. The lowest BCUT2D eigenvalue weighted by Gasteiger charge is -2.38. The van der Waals surface area contributed by atoms with E-state index in [4.69, 9.17) is 0 Å². The zero-order valence-corrected chi connectivity index (χ0v) is 33.5. The molecule has 6 atom stereocenters. The number of carbonyl (C=O) groups is 6. The van der Waals surface area contributed by atoms with Gasteiger partial charge in [0, 0.05) is 26.1 Å². The fourth-order valence-electron chi connectivity index (χ4n) is 7.91. The standard InChI is InChI=1S/C40H62N6O8S/c1-4-22-41-38(52)34(26(2)47)44-37(51)32-14-10-24-45(32)39(53)30(21-25-55-3)42-36(50)31-13-8-9-23-46(31)40(54)35(28-16-18-29(48)19-17-28)43-33(49)20-15-27-11-6-5-7-12-27/h16-19,26-27,30-32,34-35,47-48H,4-15,20-25H2,1-3H3,(H,41,52)(H,42,50)(H,43,49)(H,44,51)/t26-,30+,31+,32+,34+,35+/m1/s1. The van der Waals surface area contributed by atoms with E-state index in [0.29, 0.717) is 68.7 Å². The molecular formula is C40H62N6O8S. The first kappa shape index (κ1) is 43.9. The van der Waals surface area contributed by atoms with E-state index in [9.17, 15) is 39.0 Å². The highest BCUT2D eigenvalue weighted by Gasteiger charge is 2.42. The second-order valence-electron chi connectivity index (χ2n) is 15.2. The van der Waals surface area contributed by atoms with Crippen LogP contribution in [0.25, 0.3) is 0 Å². The summed E-state index contributed by atoms with van der Waals surface area (Å²) in [5, 5.41) is 31.4. The van der Waals surface area contributed by atoms with Crippen LogP contribution in [0, 0.1) is 5.92 Å². The second kappa shape index (κ2) is 22.0. The summed E-state index contributed by atoms with van der Waals surface area (Å²) in [4.78, 5) is 85.1. The smallest absolute Gasteiger partial charge is 0.250 e. The Morgan fingerprint density at radius 2 is 1.44 bits per heavy atom. The van der Waals surface area contributed by atoms with Crippen molar-refractivity contribution < 1.29 is 39.0 Å². The van der Waals surface area contributed by atoms with Gasteiger partial charge in [0.05, 0.1) is 6.10 Å². The van der Waals surface area contributed by atoms with Crippen LogP contribution in [-0.4, -0.2) is 117 Å². The minimum atomic E-state index is -1.19. The summed E-state index contributed by atoms with van der Waals surface area (Å²) in [5.41, 5.74) is 0.491. The number of rotatable bonds is 18. The van der Waals surface area contributed by atoms with Crippen LogP contribution in [0.15, 0.2) is 24.3 Å². The maximum atomic E-state index is 14.4. The van der Waals surface area contributed by atoms with Crippen molar-refractivity contribution in [1.29, 1.82) is 0 Å². The third kappa shape index (κ3) is 12.6. The number of aliphatic hydroxyl groups excluding tert-OH is 1. The number of piperidine rings is 1. The maximum absolute atomic E-state index is 14.4.